The Hall–Kier alpha value is -2.47. The minimum absolute atomic E-state index is 0.277. The maximum atomic E-state index is 12.4. The van der Waals surface area contributed by atoms with E-state index in [1.54, 1.807) is 32.1 Å². The normalized spacial score (nSPS) is 10.7. The molecule has 0 fully saturated rings. The summed E-state index contributed by atoms with van der Waals surface area (Å²) in [6.07, 6.45) is 3.44. The number of rotatable bonds is 6. The van der Waals surface area contributed by atoms with Crippen LogP contribution in [0.1, 0.15) is 12.5 Å². The van der Waals surface area contributed by atoms with Gasteiger partial charge in [0.05, 0.1) is 6.54 Å². The Kier molecular flexibility index (Phi) is 6.98. The number of benzene rings is 1. The van der Waals surface area contributed by atoms with E-state index in [0.717, 1.165) is 10.5 Å². The topological polar surface area (TPSA) is 60.9 Å². The smallest absolute Gasteiger partial charge is 0.301 e. The lowest BCUT2D eigenvalue weighted by Gasteiger charge is -2.31. The van der Waals surface area contributed by atoms with Crippen LogP contribution in [-0.2, 0) is 9.59 Å². The molecule has 118 valence electrons. The minimum Gasteiger partial charge on any atom is -0.301 e. The second-order valence-electron chi connectivity index (χ2n) is 4.71. The van der Waals surface area contributed by atoms with Crippen molar-refractivity contribution in [3.63, 3.8) is 0 Å². The summed E-state index contributed by atoms with van der Waals surface area (Å²) in [7, 11) is 3.40. The Morgan fingerprint density at radius 2 is 1.77 bits per heavy atom. The predicted molar refractivity (Wildman–Crippen MR) is 84.7 cm³/mol. The summed E-state index contributed by atoms with van der Waals surface area (Å²) < 4.78 is 0. The van der Waals surface area contributed by atoms with Crippen molar-refractivity contribution in [3.8, 4) is 0 Å². The van der Waals surface area contributed by atoms with Crippen LogP contribution in [0.4, 0.5) is 4.79 Å². The van der Waals surface area contributed by atoms with Crippen molar-refractivity contribution in [3.05, 3.63) is 42.0 Å². The first-order valence-corrected chi connectivity index (χ1v) is 6.98. The molecule has 22 heavy (non-hydrogen) atoms. The van der Waals surface area contributed by atoms with Crippen LogP contribution in [0.15, 0.2) is 36.4 Å². The number of hydrogen-bond donors (Lipinski definition) is 0. The summed E-state index contributed by atoms with van der Waals surface area (Å²) in [5.41, 5.74) is 0.842. The van der Waals surface area contributed by atoms with Crippen molar-refractivity contribution >= 4 is 24.3 Å². The molecular formula is C16H21N3O3. The molecule has 0 unspecified atom stereocenters. The molecule has 0 saturated carbocycles. The molecule has 0 bridgehead atoms. The zero-order valence-electron chi connectivity index (χ0n) is 13.1. The van der Waals surface area contributed by atoms with Crippen molar-refractivity contribution < 1.29 is 14.4 Å². The lowest BCUT2D eigenvalue weighted by molar-refractivity contribution is -0.126. The van der Waals surface area contributed by atoms with Crippen LogP contribution in [-0.4, -0.2) is 60.3 Å². The number of hydrogen-bond acceptors (Lipinski definition) is 4. The highest BCUT2D eigenvalue weighted by atomic mass is 16.2. The largest absolute Gasteiger partial charge is 0.341 e. The molecule has 6 heteroatoms. The average Bonchev–Trinajstić information content (AvgIpc) is 2.51. The molecule has 0 aliphatic rings. The molecule has 0 spiro atoms. The predicted octanol–water partition coefficient (Wildman–Crippen LogP) is 1.65. The molecular weight excluding hydrogens is 282 g/mol. The summed E-state index contributed by atoms with van der Waals surface area (Å²) in [6.45, 7) is 1.92. The molecule has 0 saturated heterocycles. The second kappa shape index (κ2) is 8.74. The van der Waals surface area contributed by atoms with Crippen LogP contribution in [0.2, 0.25) is 0 Å². The van der Waals surface area contributed by atoms with E-state index in [1.807, 2.05) is 30.3 Å². The van der Waals surface area contributed by atoms with Crippen LogP contribution in [0.25, 0.3) is 6.08 Å². The van der Waals surface area contributed by atoms with E-state index >= 15 is 0 Å². The minimum atomic E-state index is -0.527. The molecule has 0 aromatic heterocycles. The molecule has 0 radical (unpaired) electrons. The molecule has 0 heterocycles. The fraction of sp³-hybridized carbons (Fsp3) is 0.312. The Balaban J connectivity index is 2.90. The second-order valence-corrected chi connectivity index (χ2v) is 4.71. The van der Waals surface area contributed by atoms with E-state index in [2.05, 4.69) is 0 Å². The summed E-state index contributed by atoms with van der Waals surface area (Å²) in [5, 5.41) is 2.95. The van der Waals surface area contributed by atoms with E-state index in [-0.39, 0.29) is 6.54 Å². The number of imide groups is 1. The van der Waals surface area contributed by atoms with Gasteiger partial charge in [0.1, 0.15) is 6.29 Å². The molecule has 0 aliphatic heterocycles. The number of nitrogens with zero attached hydrogens (tertiary/aromatic N) is 3. The molecule has 0 aliphatic carbocycles. The Bertz CT molecular complexity index is 541. The van der Waals surface area contributed by atoms with Gasteiger partial charge < -0.3 is 4.79 Å². The van der Waals surface area contributed by atoms with Crippen LogP contribution < -0.4 is 0 Å². The molecule has 1 aromatic rings. The van der Waals surface area contributed by atoms with E-state index < -0.39 is 11.9 Å². The van der Waals surface area contributed by atoms with Crippen molar-refractivity contribution in [2.24, 2.45) is 0 Å². The maximum absolute atomic E-state index is 12.4. The van der Waals surface area contributed by atoms with Crippen LogP contribution in [0.5, 0.6) is 0 Å². The van der Waals surface area contributed by atoms with Gasteiger partial charge in [0.2, 0.25) is 0 Å². The molecule has 1 aromatic carbocycles. The first-order chi connectivity index (χ1) is 10.5. The standard InChI is InChI=1S/C16H21N3O3/c1-4-19(17(2)3)16(22)18(12-13-20)15(21)11-10-14-8-6-5-7-9-14/h5-11,13H,4,12H2,1-3H3. The number of carbonyl (C=O) groups excluding carboxylic acids is 3. The highest BCUT2D eigenvalue weighted by molar-refractivity contribution is 6.03. The third-order valence-electron chi connectivity index (χ3n) is 2.98. The number of aldehydes is 1. The lowest BCUT2D eigenvalue weighted by Crippen LogP contribution is -2.51. The van der Waals surface area contributed by atoms with Gasteiger partial charge in [-0.05, 0) is 18.6 Å². The molecule has 3 amide bonds. The van der Waals surface area contributed by atoms with Crippen molar-refractivity contribution in [2.75, 3.05) is 27.2 Å². The third kappa shape index (κ3) is 4.82. The van der Waals surface area contributed by atoms with Crippen molar-refractivity contribution in [1.82, 2.24) is 14.9 Å². The SMILES string of the molecule is CCN(C(=O)N(CC=O)C(=O)C=Cc1ccccc1)N(C)C. The van der Waals surface area contributed by atoms with Gasteiger partial charge in [0, 0.05) is 26.7 Å². The van der Waals surface area contributed by atoms with Gasteiger partial charge >= 0.3 is 6.03 Å². The molecule has 6 nitrogen and oxygen atoms in total. The zero-order chi connectivity index (χ0) is 16.5. The van der Waals surface area contributed by atoms with E-state index in [9.17, 15) is 14.4 Å². The van der Waals surface area contributed by atoms with E-state index in [4.69, 9.17) is 0 Å². The number of carbonyl (C=O) groups is 3. The highest BCUT2D eigenvalue weighted by Crippen LogP contribution is 2.05. The Morgan fingerprint density at radius 1 is 1.14 bits per heavy atom. The van der Waals surface area contributed by atoms with Crippen LogP contribution >= 0.6 is 0 Å². The van der Waals surface area contributed by atoms with E-state index in [1.165, 1.54) is 11.1 Å². The maximum Gasteiger partial charge on any atom is 0.341 e. The number of urea groups is 1. The van der Waals surface area contributed by atoms with Gasteiger partial charge in [-0.15, -0.1) is 0 Å². The summed E-state index contributed by atoms with van der Waals surface area (Å²) in [6, 6.07) is 8.73. The average molecular weight is 303 g/mol. The number of hydrazine groups is 1. The van der Waals surface area contributed by atoms with Crippen LogP contribution in [0, 0.1) is 0 Å². The third-order valence-corrected chi connectivity index (χ3v) is 2.98. The Labute approximate surface area is 130 Å². The lowest BCUT2D eigenvalue weighted by atomic mass is 10.2. The van der Waals surface area contributed by atoms with Gasteiger partial charge in [0.25, 0.3) is 5.91 Å². The molecule has 0 atom stereocenters. The van der Waals surface area contributed by atoms with E-state index in [0.29, 0.717) is 12.8 Å². The summed E-state index contributed by atoms with van der Waals surface area (Å²) >= 11 is 0. The van der Waals surface area contributed by atoms with Gasteiger partial charge in [0.15, 0.2) is 0 Å². The van der Waals surface area contributed by atoms with Gasteiger partial charge in [-0.1, -0.05) is 30.3 Å². The first kappa shape index (κ1) is 17.6. The van der Waals surface area contributed by atoms with Crippen LogP contribution in [0.3, 0.4) is 0 Å². The highest BCUT2D eigenvalue weighted by Gasteiger charge is 2.25. The van der Waals surface area contributed by atoms with Gasteiger partial charge in [-0.25, -0.2) is 9.80 Å². The fourth-order valence-corrected chi connectivity index (χ4v) is 1.89. The first-order valence-electron chi connectivity index (χ1n) is 6.98. The van der Waals surface area contributed by atoms with Gasteiger partial charge in [-0.3, -0.25) is 14.7 Å². The summed E-state index contributed by atoms with van der Waals surface area (Å²) in [4.78, 5) is 36.2. The monoisotopic (exact) mass is 303 g/mol. The number of amides is 3. The van der Waals surface area contributed by atoms with Crippen molar-refractivity contribution in [1.29, 1.82) is 0 Å². The summed E-state index contributed by atoms with van der Waals surface area (Å²) in [5.74, 6) is -0.527. The zero-order valence-corrected chi connectivity index (χ0v) is 13.1. The van der Waals surface area contributed by atoms with Gasteiger partial charge in [-0.2, -0.15) is 0 Å². The molecule has 0 N–H and O–H groups in total. The van der Waals surface area contributed by atoms with Crippen molar-refractivity contribution in [2.45, 2.75) is 6.92 Å². The fourth-order valence-electron chi connectivity index (χ4n) is 1.89. The molecule has 1 rings (SSSR count). The Morgan fingerprint density at radius 3 is 2.27 bits per heavy atom. The quantitative estimate of drug-likeness (QED) is 0.455.